The second-order valence-corrected chi connectivity index (χ2v) is 4.05. The molecular formula is C15H17NO3. The Kier molecular flexibility index (Phi) is 4.23. The third-order valence-electron chi connectivity index (χ3n) is 2.82. The van der Waals surface area contributed by atoms with Gasteiger partial charge in [-0.1, -0.05) is 18.2 Å². The zero-order valence-corrected chi connectivity index (χ0v) is 11.3. The van der Waals surface area contributed by atoms with Crippen LogP contribution in [0, 0.1) is 6.92 Å². The molecule has 0 N–H and O–H groups in total. The third-order valence-corrected chi connectivity index (χ3v) is 2.82. The van der Waals surface area contributed by atoms with E-state index in [1.165, 1.54) is 0 Å². The highest BCUT2D eigenvalue weighted by Gasteiger charge is 2.11. The normalized spacial score (nSPS) is 10.1. The number of ether oxygens (including phenoxy) is 3. The number of methoxy groups -OCH3 is 2. The van der Waals surface area contributed by atoms with Gasteiger partial charge in [-0.05, 0) is 18.6 Å². The van der Waals surface area contributed by atoms with E-state index < -0.39 is 0 Å². The fourth-order valence-electron chi connectivity index (χ4n) is 1.82. The highest BCUT2D eigenvalue weighted by atomic mass is 16.5. The summed E-state index contributed by atoms with van der Waals surface area (Å²) in [4.78, 5) is 4.27. The van der Waals surface area contributed by atoms with Crippen molar-refractivity contribution in [3.05, 3.63) is 47.8 Å². The van der Waals surface area contributed by atoms with Crippen molar-refractivity contribution in [2.24, 2.45) is 0 Å². The Bertz CT molecular complexity index is 555. The summed E-state index contributed by atoms with van der Waals surface area (Å²) in [5.41, 5.74) is 1.80. The Morgan fingerprint density at radius 3 is 2.47 bits per heavy atom. The molecule has 0 amide bonds. The summed E-state index contributed by atoms with van der Waals surface area (Å²) >= 11 is 0. The summed E-state index contributed by atoms with van der Waals surface area (Å²) in [6.07, 6.45) is 1.68. The quantitative estimate of drug-likeness (QED) is 0.827. The minimum absolute atomic E-state index is 0.339. The van der Waals surface area contributed by atoms with Crippen LogP contribution in [-0.4, -0.2) is 19.2 Å². The lowest BCUT2D eigenvalue weighted by atomic mass is 10.2. The maximum absolute atomic E-state index is 5.77. The van der Waals surface area contributed by atoms with Crippen molar-refractivity contribution in [2.75, 3.05) is 14.2 Å². The molecule has 0 unspecified atom stereocenters. The first-order valence-corrected chi connectivity index (χ1v) is 6.00. The van der Waals surface area contributed by atoms with Crippen molar-refractivity contribution in [2.45, 2.75) is 13.5 Å². The second-order valence-electron chi connectivity index (χ2n) is 4.05. The van der Waals surface area contributed by atoms with Crippen LogP contribution in [-0.2, 0) is 6.61 Å². The van der Waals surface area contributed by atoms with Crippen molar-refractivity contribution in [3.63, 3.8) is 0 Å². The van der Waals surface area contributed by atoms with Crippen molar-refractivity contribution in [1.29, 1.82) is 0 Å². The first-order chi connectivity index (χ1) is 9.26. The average Bonchev–Trinajstić information content (AvgIpc) is 2.45. The van der Waals surface area contributed by atoms with Crippen LogP contribution in [0.1, 0.15) is 11.3 Å². The van der Waals surface area contributed by atoms with Crippen molar-refractivity contribution in [3.8, 4) is 17.2 Å². The van der Waals surface area contributed by atoms with Crippen molar-refractivity contribution < 1.29 is 14.2 Å². The molecule has 0 atom stereocenters. The van der Waals surface area contributed by atoms with Gasteiger partial charge in [0.25, 0.3) is 0 Å². The predicted octanol–water partition coefficient (Wildman–Crippen LogP) is 2.99. The van der Waals surface area contributed by atoms with Gasteiger partial charge in [0, 0.05) is 12.3 Å². The van der Waals surface area contributed by atoms with Crippen molar-refractivity contribution in [1.82, 2.24) is 4.98 Å². The molecule has 0 spiro atoms. The van der Waals surface area contributed by atoms with Crippen LogP contribution >= 0.6 is 0 Å². The summed E-state index contributed by atoms with van der Waals surface area (Å²) in [5, 5.41) is 0. The van der Waals surface area contributed by atoms with Crippen LogP contribution in [0.4, 0.5) is 0 Å². The lowest BCUT2D eigenvalue weighted by Gasteiger charge is -2.13. The van der Waals surface area contributed by atoms with Crippen LogP contribution < -0.4 is 14.2 Å². The van der Waals surface area contributed by atoms with Gasteiger partial charge in [-0.3, -0.25) is 4.98 Å². The first-order valence-electron chi connectivity index (χ1n) is 6.00. The van der Waals surface area contributed by atoms with Gasteiger partial charge in [0.1, 0.15) is 18.1 Å². The number of benzene rings is 1. The number of rotatable bonds is 5. The molecular weight excluding hydrogens is 242 g/mol. The Balaban J connectivity index is 2.18. The van der Waals surface area contributed by atoms with Gasteiger partial charge in [0.15, 0.2) is 11.5 Å². The fraction of sp³-hybridized carbons (Fsp3) is 0.267. The van der Waals surface area contributed by atoms with E-state index >= 15 is 0 Å². The maximum atomic E-state index is 5.77. The number of aromatic nitrogens is 1. The smallest absolute Gasteiger partial charge is 0.185 e. The summed E-state index contributed by atoms with van der Waals surface area (Å²) in [6.45, 7) is 2.34. The van der Waals surface area contributed by atoms with Crippen LogP contribution in [0.2, 0.25) is 0 Å². The van der Waals surface area contributed by atoms with Gasteiger partial charge in [-0.15, -0.1) is 0 Å². The molecule has 2 rings (SSSR count). The number of nitrogens with zero attached hydrogens (tertiary/aromatic N) is 1. The molecule has 0 radical (unpaired) electrons. The van der Waals surface area contributed by atoms with Crippen LogP contribution in [0.25, 0.3) is 0 Å². The van der Waals surface area contributed by atoms with Crippen molar-refractivity contribution >= 4 is 0 Å². The minimum Gasteiger partial charge on any atom is -0.493 e. The molecule has 0 saturated carbocycles. The molecule has 0 aliphatic rings. The van der Waals surface area contributed by atoms with Crippen LogP contribution in [0.15, 0.2) is 36.5 Å². The predicted molar refractivity (Wildman–Crippen MR) is 72.9 cm³/mol. The zero-order chi connectivity index (χ0) is 13.7. The molecule has 4 heteroatoms. The number of aryl methyl sites for hydroxylation is 1. The molecule has 1 aromatic carbocycles. The minimum atomic E-state index is 0.339. The van der Waals surface area contributed by atoms with E-state index in [4.69, 9.17) is 14.2 Å². The van der Waals surface area contributed by atoms with Crippen LogP contribution in [0.5, 0.6) is 17.2 Å². The number of hydrogen-bond donors (Lipinski definition) is 0. The van der Waals surface area contributed by atoms with E-state index in [0.717, 1.165) is 11.3 Å². The molecule has 19 heavy (non-hydrogen) atoms. The molecule has 1 heterocycles. The number of para-hydroxylation sites is 1. The van der Waals surface area contributed by atoms with Gasteiger partial charge >= 0.3 is 0 Å². The largest absolute Gasteiger partial charge is 0.493 e. The first kappa shape index (κ1) is 13.2. The third kappa shape index (κ3) is 2.96. The van der Waals surface area contributed by atoms with Gasteiger partial charge in [-0.25, -0.2) is 0 Å². The molecule has 1 aromatic heterocycles. The van der Waals surface area contributed by atoms with E-state index in [-0.39, 0.29) is 0 Å². The van der Waals surface area contributed by atoms with E-state index in [9.17, 15) is 0 Å². The van der Waals surface area contributed by atoms with E-state index in [2.05, 4.69) is 4.98 Å². The summed E-state index contributed by atoms with van der Waals surface area (Å²) in [5.74, 6) is 2.11. The standard InChI is InChI=1S/C15H17NO3/c1-11-6-4-5-7-13(11)19-10-12-15(18-3)14(17-2)8-9-16-12/h4-9H,10H2,1-3H3. The van der Waals surface area contributed by atoms with Crippen LogP contribution in [0.3, 0.4) is 0 Å². The topological polar surface area (TPSA) is 40.6 Å². The Morgan fingerprint density at radius 2 is 1.79 bits per heavy atom. The highest BCUT2D eigenvalue weighted by Crippen LogP contribution is 2.30. The highest BCUT2D eigenvalue weighted by molar-refractivity contribution is 5.42. The summed E-state index contributed by atoms with van der Waals surface area (Å²) < 4.78 is 16.3. The molecule has 4 nitrogen and oxygen atoms in total. The Labute approximate surface area is 113 Å². The SMILES string of the molecule is COc1ccnc(COc2ccccc2C)c1OC. The molecule has 0 saturated heterocycles. The second kappa shape index (κ2) is 6.09. The molecule has 0 fully saturated rings. The van der Waals surface area contributed by atoms with E-state index in [0.29, 0.717) is 23.8 Å². The Hall–Kier alpha value is -2.23. The fourth-order valence-corrected chi connectivity index (χ4v) is 1.82. The number of pyridine rings is 1. The molecule has 100 valence electrons. The monoisotopic (exact) mass is 259 g/mol. The van der Waals surface area contributed by atoms with Gasteiger partial charge in [-0.2, -0.15) is 0 Å². The van der Waals surface area contributed by atoms with E-state index in [1.54, 1.807) is 26.5 Å². The molecule has 0 aliphatic heterocycles. The molecule has 0 bridgehead atoms. The van der Waals surface area contributed by atoms with Gasteiger partial charge < -0.3 is 14.2 Å². The zero-order valence-electron chi connectivity index (χ0n) is 11.3. The molecule has 2 aromatic rings. The van der Waals surface area contributed by atoms with Gasteiger partial charge in [0.2, 0.25) is 0 Å². The lowest BCUT2D eigenvalue weighted by molar-refractivity contribution is 0.283. The summed E-state index contributed by atoms with van der Waals surface area (Å²) in [6, 6.07) is 9.62. The summed E-state index contributed by atoms with van der Waals surface area (Å²) in [7, 11) is 3.20. The number of hydrogen-bond acceptors (Lipinski definition) is 4. The lowest BCUT2D eigenvalue weighted by Crippen LogP contribution is -2.03. The van der Waals surface area contributed by atoms with Gasteiger partial charge in [0.05, 0.1) is 14.2 Å². The molecule has 0 aliphatic carbocycles. The maximum Gasteiger partial charge on any atom is 0.185 e. The average molecular weight is 259 g/mol. The Morgan fingerprint density at radius 1 is 1.00 bits per heavy atom. The van der Waals surface area contributed by atoms with E-state index in [1.807, 2.05) is 31.2 Å².